The smallest absolute Gasteiger partial charge is 0.257 e. The zero-order valence-electron chi connectivity index (χ0n) is 12.7. The van der Waals surface area contributed by atoms with E-state index in [0.717, 1.165) is 23.0 Å². The van der Waals surface area contributed by atoms with Crippen molar-refractivity contribution in [3.05, 3.63) is 33.8 Å². The van der Waals surface area contributed by atoms with Gasteiger partial charge >= 0.3 is 0 Å². The Morgan fingerprint density at radius 2 is 1.95 bits per heavy atom. The van der Waals surface area contributed by atoms with Crippen LogP contribution in [0, 0.1) is 6.92 Å². The van der Waals surface area contributed by atoms with Crippen molar-refractivity contribution in [3.63, 3.8) is 0 Å². The summed E-state index contributed by atoms with van der Waals surface area (Å²) in [5.74, 6) is -0.181. The van der Waals surface area contributed by atoms with E-state index in [2.05, 4.69) is 33.5 Å². The molecule has 0 radical (unpaired) electrons. The Hall–Kier alpha value is -0.940. The second-order valence-electron chi connectivity index (χ2n) is 5.09. The van der Waals surface area contributed by atoms with Crippen LogP contribution in [0.5, 0.6) is 0 Å². The van der Waals surface area contributed by atoms with E-state index in [1.54, 1.807) is 12.1 Å². The van der Waals surface area contributed by atoms with Crippen LogP contribution >= 0.6 is 28.1 Å². The zero-order chi connectivity index (χ0) is 15.7. The van der Waals surface area contributed by atoms with Crippen molar-refractivity contribution in [2.75, 3.05) is 6.54 Å². The van der Waals surface area contributed by atoms with Gasteiger partial charge in [-0.1, -0.05) is 54.6 Å². The van der Waals surface area contributed by atoms with Crippen molar-refractivity contribution in [1.29, 1.82) is 0 Å². The molecule has 0 atom stereocenters. The molecule has 0 aliphatic carbocycles. The van der Waals surface area contributed by atoms with Crippen molar-refractivity contribution in [2.24, 2.45) is 0 Å². The van der Waals surface area contributed by atoms with Gasteiger partial charge in [0.15, 0.2) is 5.11 Å². The molecule has 0 aliphatic rings. The number of carbonyl (C=O) groups is 1. The third-order valence-electron chi connectivity index (χ3n) is 3.23. The topological polar surface area (TPSA) is 41.1 Å². The van der Waals surface area contributed by atoms with E-state index in [9.17, 15) is 4.79 Å². The number of nitrogens with one attached hydrogen (secondary N) is 2. The quantitative estimate of drug-likeness (QED) is 0.554. The summed E-state index contributed by atoms with van der Waals surface area (Å²) in [5, 5.41) is 6.18. The van der Waals surface area contributed by atoms with E-state index in [4.69, 9.17) is 12.2 Å². The maximum atomic E-state index is 12.0. The molecule has 0 unspecified atom stereocenters. The Morgan fingerprint density at radius 1 is 1.24 bits per heavy atom. The molecule has 1 aromatic rings. The minimum atomic E-state index is -0.181. The second kappa shape index (κ2) is 9.90. The van der Waals surface area contributed by atoms with Gasteiger partial charge in [0, 0.05) is 16.6 Å². The summed E-state index contributed by atoms with van der Waals surface area (Å²) in [6.07, 6.45) is 6.06. The van der Waals surface area contributed by atoms with Crippen LogP contribution in [0.3, 0.4) is 0 Å². The third kappa shape index (κ3) is 7.05. The van der Waals surface area contributed by atoms with Crippen molar-refractivity contribution in [2.45, 2.75) is 46.0 Å². The number of hydrogen-bond acceptors (Lipinski definition) is 2. The molecule has 1 rings (SSSR count). The molecule has 0 aliphatic heterocycles. The zero-order valence-corrected chi connectivity index (χ0v) is 15.1. The molecule has 1 aromatic carbocycles. The number of amides is 1. The molecule has 0 fully saturated rings. The van der Waals surface area contributed by atoms with Gasteiger partial charge in [0.2, 0.25) is 0 Å². The SMILES string of the molecule is CCCCCCCNC(=S)NC(=O)c1ccc(C)c(Br)c1. The van der Waals surface area contributed by atoms with Crippen LogP contribution in [0.4, 0.5) is 0 Å². The lowest BCUT2D eigenvalue weighted by molar-refractivity contribution is 0.0976. The van der Waals surface area contributed by atoms with E-state index < -0.39 is 0 Å². The number of halogens is 1. The summed E-state index contributed by atoms with van der Waals surface area (Å²) in [5.41, 5.74) is 1.69. The monoisotopic (exact) mass is 370 g/mol. The van der Waals surface area contributed by atoms with Crippen LogP contribution in [0.2, 0.25) is 0 Å². The molecule has 5 heteroatoms. The van der Waals surface area contributed by atoms with Gasteiger partial charge in [-0.25, -0.2) is 0 Å². The highest BCUT2D eigenvalue weighted by Gasteiger charge is 2.08. The van der Waals surface area contributed by atoms with E-state index in [-0.39, 0.29) is 5.91 Å². The van der Waals surface area contributed by atoms with E-state index in [0.29, 0.717) is 10.7 Å². The molecular formula is C16H23BrN2OS. The lowest BCUT2D eigenvalue weighted by atomic mass is 10.1. The minimum absolute atomic E-state index is 0.181. The predicted molar refractivity (Wildman–Crippen MR) is 95.7 cm³/mol. The van der Waals surface area contributed by atoms with Gasteiger partial charge in [-0.15, -0.1) is 0 Å². The van der Waals surface area contributed by atoms with Crippen molar-refractivity contribution < 1.29 is 4.79 Å². The van der Waals surface area contributed by atoms with Gasteiger partial charge in [0.1, 0.15) is 0 Å². The fourth-order valence-electron chi connectivity index (χ4n) is 1.88. The molecule has 0 heterocycles. The Balaban J connectivity index is 2.30. The first kappa shape index (κ1) is 18.1. The maximum absolute atomic E-state index is 12.0. The molecular weight excluding hydrogens is 348 g/mol. The summed E-state index contributed by atoms with van der Waals surface area (Å²) in [6, 6.07) is 5.50. The van der Waals surface area contributed by atoms with Gasteiger partial charge in [0.25, 0.3) is 5.91 Å². The van der Waals surface area contributed by atoms with Crippen molar-refractivity contribution in [1.82, 2.24) is 10.6 Å². The lowest BCUT2D eigenvalue weighted by Crippen LogP contribution is -2.39. The summed E-state index contributed by atoms with van der Waals surface area (Å²) in [7, 11) is 0. The summed E-state index contributed by atoms with van der Waals surface area (Å²) in [6.45, 7) is 4.99. The molecule has 0 bridgehead atoms. The Kier molecular flexibility index (Phi) is 8.54. The highest BCUT2D eigenvalue weighted by Crippen LogP contribution is 2.17. The van der Waals surface area contributed by atoms with Crippen LogP contribution in [0.15, 0.2) is 22.7 Å². The van der Waals surface area contributed by atoms with Crippen molar-refractivity contribution >= 4 is 39.2 Å². The maximum Gasteiger partial charge on any atom is 0.257 e. The Labute approximate surface area is 141 Å². The number of thiocarbonyl (C=S) groups is 1. The number of carbonyl (C=O) groups excluding carboxylic acids is 1. The minimum Gasteiger partial charge on any atom is -0.362 e. The van der Waals surface area contributed by atoms with E-state index in [1.807, 2.05) is 13.0 Å². The first-order chi connectivity index (χ1) is 10.0. The van der Waals surface area contributed by atoms with E-state index in [1.165, 1.54) is 25.7 Å². The predicted octanol–water partition coefficient (Wildman–Crippen LogP) is 4.33. The molecule has 1 amide bonds. The second-order valence-corrected chi connectivity index (χ2v) is 6.35. The first-order valence-corrected chi connectivity index (χ1v) is 8.60. The highest BCUT2D eigenvalue weighted by atomic mass is 79.9. The standard InChI is InChI=1S/C16H23BrN2OS/c1-3-4-5-6-7-10-18-16(21)19-15(20)13-9-8-12(2)14(17)11-13/h8-9,11H,3-7,10H2,1-2H3,(H2,18,19,20,21). The van der Waals surface area contributed by atoms with Gasteiger partial charge in [-0.2, -0.15) is 0 Å². The third-order valence-corrected chi connectivity index (χ3v) is 4.33. The first-order valence-electron chi connectivity index (χ1n) is 7.40. The Morgan fingerprint density at radius 3 is 2.62 bits per heavy atom. The fraction of sp³-hybridized carbons (Fsp3) is 0.500. The average Bonchev–Trinajstić information content (AvgIpc) is 2.45. The van der Waals surface area contributed by atoms with Gasteiger partial charge in [0.05, 0.1) is 0 Å². The molecule has 2 N–H and O–H groups in total. The van der Waals surface area contributed by atoms with Crippen molar-refractivity contribution in [3.8, 4) is 0 Å². The largest absolute Gasteiger partial charge is 0.362 e. The van der Waals surface area contributed by atoms with Crippen LogP contribution < -0.4 is 10.6 Å². The normalized spacial score (nSPS) is 10.2. The molecule has 0 saturated heterocycles. The van der Waals surface area contributed by atoms with Gasteiger partial charge < -0.3 is 5.32 Å². The van der Waals surface area contributed by atoms with Crippen LogP contribution in [-0.2, 0) is 0 Å². The molecule has 21 heavy (non-hydrogen) atoms. The molecule has 3 nitrogen and oxygen atoms in total. The number of hydrogen-bond donors (Lipinski definition) is 2. The average molecular weight is 371 g/mol. The molecule has 0 spiro atoms. The van der Waals surface area contributed by atoms with Crippen LogP contribution in [-0.4, -0.2) is 17.6 Å². The fourth-order valence-corrected chi connectivity index (χ4v) is 2.46. The van der Waals surface area contributed by atoms with Gasteiger partial charge in [-0.3, -0.25) is 10.1 Å². The summed E-state index contributed by atoms with van der Waals surface area (Å²) >= 11 is 8.56. The number of benzene rings is 1. The van der Waals surface area contributed by atoms with Gasteiger partial charge in [-0.05, 0) is 43.3 Å². The number of rotatable bonds is 7. The Bertz CT molecular complexity index is 491. The molecule has 0 aromatic heterocycles. The van der Waals surface area contributed by atoms with Crippen LogP contribution in [0.1, 0.15) is 54.9 Å². The number of unbranched alkanes of at least 4 members (excludes halogenated alkanes) is 4. The molecule has 0 saturated carbocycles. The highest BCUT2D eigenvalue weighted by molar-refractivity contribution is 9.10. The summed E-state index contributed by atoms with van der Waals surface area (Å²) < 4.78 is 0.921. The number of aryl methyl sites for hydroxylation is 1. The lowest BCUT2D eigenvalue weighted by Gasteiger charge is -2.10. The molecule has 116 valence electrons. The van der Waals surface area contributed by atoms with Crippen LogP contribution in [0.25, 0.3) is 0 Å². The van der Waals surface area contributed by atoms with E-state index >= 15 is 0 Å². The summed E-state index contributed by atoms with van der Waals surface area (Å²) in [4.78, 5) is 12.0.